The Labute approximate surface area is 555 Å². The Kier molecular flexibility index (Phi) is 35.2. The number of carbonyl (C=O) groups is 4. The molecule has 91 heavy (non-hydrogen) atoms. The first kappa shape index (κ1) is 85.6. The quantitative estimate of drug-likeness (QED) is 0.0504. The van der Waals surface area contributed by atoms with Crippen molar-refractivity contribution in [3.63, 3.8) is 0 Å². The molecule has 15 unspecified atom stereocenters. The Morgan fingerprint density at radius 3 is 1.10 bits per heavy atom. The van der Waals surface area contributed by atoms with E-state index in [-0.39, 0.29) is 65.7 Å². The van der Waals surface area contributed by atoms with E-state index in [0.717, 1.165) is 0 Å². The molecule has 0 aromatic rings. The molecule has 8 fully saturated rings. The van der Waals surface area contributed by atoms with Gasteiger partial charge in [0, 0.05) is 0 Å². The summed E-state index contributed by atoms with van der Waals surface area (Å²) >= 11 is 0. The van der Waals surface area contributed by atoms with Crippen LogP contribution in [-0.2, 0) is 66.5 Å². The fourth-order valence-corrected chi connectivity index (χ4v) is 9.61. The fraction of sp³-hybridized carbons (Fsp3) is 0.913. The van der Waals surface area contributed by atoms with Gasteiger partial charge in [-0.15, -0.1) is 0 Å². The van der Waals surface area contributed by atoms with Gasteiger partial charge in [-0.1, -0.05) is 0 Å². The molecule has 0 saturated carbocycles. The molecular weight excluding hydrogens is 1290 g/mol. The summed E-state index contributed by atoms with van der Waals surface area (Å²) in [6.07, 6.45) is -47.1. The predicted octanol–water partition coefficient (Wildman–Crippen LogP) is -28.1. The molecule has 43 nitrogen and oxygen atoms in total. The molecule has 8 aliphatic heterocycles. The summed E-state index contributed by atoms with van der Waals surface area (Å²) in [5.74, 6) is -5.89. The number of aliphatic hydroxyl groups is 26. The molecule has 0 spiro atoms. The number of carbonyl (C=O) groups excluding carboxylic acids is 3. The van der Waals surface area contributed by atoms with Crippen molar-refractivity contribution < 1.29 is 274 Å². The number of hydrogen-bond donors (Lipinski definition) is 27. The third-order valence-electron chi connectivity index (χ3n) is 15.1. The van der Waals surface area contributed by atoms with Gasteiger partial charge in [0.2, 0.25) is 0 Å². The SMILES string of the molecule is O=C(O)C1OC(O)C(O)[C@H](O)[C@@H]1O.O=C([O-])C1OC(O)C(O)[C@H](O)[C@@H]1O.O=C([O-])C1O[C@H](COC[C@]2(CO)O[C@H](CO)C(O)[C@H]2O)C(O)[C@H](O)[C@@H]1O.O=C1O[C@H]2C(O)C(O)O[C@@H]2C1O.OCC1O[C@H](COC[C@]2(CO)O[C@H](CO)C(O)[C@H]2O)C(O)[C@H](O)[C@@H]1O.[Na+].[Na+]. The Balaban J connectivity index is 0.000000401. The van der Waals surface area contributed by atoms with Crippen molar-refractivity contribution >= 4 is 23.9 Å². The van der Waals surface area contributed by atoms with Crippen molar-refractivity contribution in [3.05, 3.63) is 0 Å². The molecule has 0 aromatic carbocycles. The van der Waals surface area contributed by atoms with Gasteiger partial charge in [0.15, 0.2) is 37.2 Å². The van der Waals surface area contributed by atoms with Gasteiger partial charge < -0.3 is 205 Å². The van der Waals surface area contributed by atoms with Gasteiger partial charge in [0.05, 0.1) is 71.4 Å². The van der Waals surface area contributed by atoms with E-state index in [1.807, 2.05) is 0 Å². The minimum Gasteiger partial charge on any atom is -0.547 e. The molecule has 27 N–H and O–H groups in total. The first-order valence-electron chi connectivity index (χ1n) is 26.5. The van der Waals surface area contributed by atoms with Crippen LogP contribution in [0, 0.1) is 0 Å². The normalized spacial score (nSPS) is 46.5. The van der Waals surface area contributed by atoms with Crippen molar-refractivity contribution in [1.29, 1.82) is 0 Å². The number of carboxylic acid groups (broad SMARTS) is 3. The molecule has 0 radical (unpaired) electrons. The molecule has 0 aromatic heterocycles. The van der Waals surface area contributed by atoms with E-state index in [2.05, 4.69) is 18.9 Å². The van der Waals surface area contributed by atoms with Crippen LogP contribution in [0.15, 0.2) is 0 Å². The molecule has 0 aliphatic carbocycles. The fourth-order valence-electron chi connectivity index (χ4n) is 9.61. The molecule has 8 heterocycles. The minimum atomic E-state index is -1.89. The maximum Gasteiger partial charge on any atom is 1.00 e. The zero-order valence-corrected chi connectivity index (χ0v) is 51.9. The summed E-state index contributed by atoms with van der Waals surface area (Å²) in [6, 6.07) is 0. The van der Waals surface area contributed by atoms with Gasteiger partial charge in [-0.3, -0.25) is 0 Å². The standard InChI is InChI=1S/C14H24O12.C14H26O11.2C6H10O7.C6H8O6.2Na/c15-1-5-8(18)12(21)14(3-16,26-5)4-24-2-6-7(17)9(19)10(20)11(25-6)13(22)23;15-1-6-9(18)12(21)10(19)8(24-6)3-23-5-14(4-17)13(22)11(20)7(2-16)25-14;2*7-1-2(8)4(5(10)11)13-6(12)3(1)9;7-1-3-4(12-5(1)9)2(8)6(10)11-3;;/h5-12,15-21H,1-4H2,(H,22,23);6-13,15-22H,1-5H2;2*1-4,6-9,12H,(H,10,11);1-5,7-9H;;/q;;;;;2*+1/p-2/t5-,6-,7?,8?,9+,10+,11?,12-,14+;6?,7-,8-,9-,10?,11?,12-,13-,14+;2*1-,2+,3?,4?,6?;1?,2?,3-,4+,5?;;/m11110../s1. The van der Waals surface area contributed by atoms with Gasteiger partial charge >= 0.3 is 71.1 Å². The van der Waals surface area contributed by atoms with Gasteiger partial charge in [-0.2, -0.15) is 0 Å². The smallest absolute Gasteiger partial charge is 0.547 e. The minimum absolute atomic E-state index is 0. The maximum atomic E-state index is 10.9. The van der Waals surface area contributed by atoms with Crippen molar-refractivity contribution in [2.75, 3.05) is 59.5 Å². The van der Waals surface area contributed by atoms with E-state index in [4.69, 9.17) is 105 Å². The molecular formula is C46H76Na2O43. The van der Waals surface area contributed by atoms with Crippen LogP contribution in [0.2, 0.25) is 0 Å². The maximum absolute atomic E-state index is 10.9. The molecule has 8 rings (SSSR count). The summed E-state index contributed by atoms with van der Waals surface area (Å²) < 4.78 is 49.2. The van der Waals surface area contributed by atoms with Crippen LogP contribution in [-0.4, -0.2) is 422 Å². The van der Waals surface area contributed by atoms with Crippen molar-refractivity contribution in [2.24, 2.45) is 0 Å². The average molecular weight is 1360 g/mol. The Bertz CT molecular complexity index is 2170. The zero-order valence-electron chi connectivity index (χ0n) is 47.9. The van der Waals surface area contributed by atoms with Gasteiger partial charge in [0.25, 0.3) is 0 Å². The summed E-state index contributed by atoms with van der Waals surface area (Å²) in [5, 5.41) is 273. The molecule has 8 saturated heterocycles. The van der Waals surface area contributed by atoms with Crippen molar-refractivity contribution in [2.45, 2.75) is 201 Å². The molecule has 0 bridgehead atoms. The average Bonchev–Trinajstić information content (AvgIpc) is 1.75. The summed E-state index contributed by atoms with van der Waals surface area (Å²) in [7, 11) is 0. The number of aliphatic hydroxyl groups excluding tert-OH is 26. The van der Waals surface area contributed by atoms with Crippen molar-refractivity contribution in [1.82, 2.24) is 0 Å². The number of rotatable bonds is 16. The summed E-state index contributed by atoms with van der Waals surface area (Å²) in [6.45, 7) is -4.91. The summed E-state index contributed by atoms with van der Waals surface area (Å²) in [4.78, 5) is 42.3. The van der Waals surface area contributed by atoms with E-state index in [1.54, 1.807) is 0 Å². The predicted molar refractivity (Wildman–Crippen MR) is 258 cm³/mol. The van der Waals surface area contributed by atoms with Crippen LogP contribution in [0.5, 0.6) is 0 Å². The Morgan fingerprint density at radius 2 is 0.736 bits per heavy atom. The first-order valence-corrected chi connectivity index (χ1v) is 26.5. The summed E-state index contributed by atoms with van der Waals surface area (Å²) in [5.41, 5.74) is -3.42. The topological polar surface area (TPSA) is 753 Å². The Hall–Kier alpha value is -1.52. The third-order valence-corrected chi connectivity index (χ3v) is 15.1. The van der Waals surface area contributed by atoms with Crippen LogP contribution < -0.4 is 69.3 Å². The van der Waals surface area contributed by atoms with E-state index in [1.165, 1.54) is 0 Å². The van der Waals surface area contributed by atoms with E-state index in [9.17, 15) is 90.7 Å². The second-order valence-electron chi connectivity index (χ2n) is 21.1. The number of fused-ring (bicyclic) bond motifs is 1. The second kappa shape index (κ2) is 37.4. The van der Waals surface area contributed by atoms with Gasteiger partial charge in [-0.05, 0) is 0 Å². The first-order chi connectivity index (χ1) is 41.5. The van der Waals surface area contributed by atoms with Gasteiger partial charge in [0.1, 0.15) is 164 Å². The second-order valence-corrected chi connectivity index (χ2v) is 21.1. The number of hydrogen-bond acceptors (Lipinski definition) is 42. The number of aliphatic carboxylic acids is 3. The van der Waals surface area contributed by atoms with E-state index in [0.29, 0.717) is 0 Å². The van der Waals surface area contributed by atoms with Crippen LogP contribution in [0.1, 0.15) is 0 Å². The largest absolute Gasteiger partial charge is 1.00 e. The zero-order chi connectivity index (χ0) is 67.6. The van der Waals surface area contributed by atoms with Crippen LogP contribution in [0.3, 0.4) is 0 Å². The van der Waals surface area contributed by atoms with Crippen LogP contribution in [0.4, 0.5) is 0 Å². The monoisotopic (exact) mass is 1360 g/mol. The number of ether oxygens (including phenoxy) is 10. The molecule has 33 atom stereocenters. The third kappa shape index (κ3) is 19.9. The number of esters is 1. The van der Waals surface area contributed by atoms with E-state index >= 15 is 0 Å². The van der Waals surface area contributed by atoms with Crippen molar-refractivity contribution in [3.8, 4) is 0 Å². The van der Waals surface area contributed by atoms with Crippen LogP contribution >= 0.6 is 0 Å². The van der Waals surface area contributed by atoms with Crippen LogP contribution in [0.25, 0.3) is 0 Å². The molecule has 8 aliphatic rings. The van der Waals surface area contributed by atoms with Gasteiger partial charge in [-0.25, -0.2) is 9.59 Å². The molecule has 45 heteroatoms. The molecule has 0 amide bonds. The Morgan fingerprint density at radius 1 is 0.396 bits per heavy atom. The van der Waals surface area contributed by atoms with E-state index < -0.39 is 278 Å². The molecule has 520 valence electrons. The number of carboxylic acids is 3.